The highest BCUT2D eigenvalue weighted by Crippen LogP contribution is 2.37. The minimum Gasteiger partial charge on any atom is -0.212 e. The number of nitrogens with one attached hydrogen (secondary N) is 1. The van der Waals surface area contributed by atoms with E-state index in [0.717, 1.165) is 24.8 Å². The fourth-order valence-corrected chi connectivity index (χ4v) is 5.19. The molecule has 2 aliphatic rings. The van der Waals surface area contributed by atoms with E-state index in [2.05, 4.69) is 26.7 Å². The third-order valence-corrected chi connectivity index (χ3v) is 6.00. The summed E-state index contributed by atoms with van der Waals surface area (Å²) in [6.45, 7) is 0. The average Bonchev–Trinajstić information content (AvgIpc) is 3.04. The summed E-state index contributed by atoms with van der Waals surface area (Å²) in [5.41, 5.74) is 2.34. The second-order valence-electron chi connectivity index (χ2n) is 5.24. The topological polar surface area (TPSA) is 46.2 Å². The van der Waals surface area contributed by atoms with Crippen molar-refractivity contribution in [3.63, 3.8) is 0 Å². The number of alkyl halides is 1. The lowest BCUT2D eigenvalue weighted by atomic mass is 10.1. The third kappa shape index (κ3) is 2.63. The Bertz CT molecular complexity index is 554. The Kier molecular flexibility index (Phi) is 3.24. The molecule has 2 unspecified atom stereocenters. The average molecular weight is 330 g/mol. The number of rotatable bonds is 4. The molecule has 0 saturated heterocycles. The normalized spacial score (nSPS) is 27.2. The number of hydrogen-bond donors (Lipinski definition) is 1. The Morgan fingerprint density at radius 2 is 2.00 bits per heavy atom. The van der Waals surface area contributed by atoms with Crippen molar-refractivity contribution in [2.45, 2.75) is 30.1 Å². The number of hydrogen-bond acceptors (Lipinski definition) is 2. The van der Waals surface area contributed by atoms with Crippen LogP contribution in [-0.4, -0.2) is 19.0 Å². The summed E-state index contributed by atoms with van der Waals surface area (Å²) >= 11 is 3.59. The monoisotopic (exact) mass is 329 g/mol. The van der Waals surface area contributed by atoms with Crippen molar-refractivity contribution in [1.29, 1.82) is 0 Å². The minimum atomic E-state index is -3.16. The Morgan fingerprint density at radius 3 is 2.72 bits per heavy atom. The number of benzene rings is 1. The maximum Gasteiger partial charge on any atom is 0.212 e. The van der Waals surface area contributed by atoms with Gasteiger partial charge in [0.15, 0.2) is 0 Å². The number of halogens is 1. The molecular weight excluding hydrogens is 314 g/mol. The fourth-order valence-electron chi connectivity index (χ4n) is 2.52. The van der Waals surface area contributed by atoms with Crippen molar-refractivity contribution in [3.05, 3.63) is 35.4 Å². The highest BCUT2D eigenvalue weighted by molar-refractivity contribution is 9.09. The van der Waals surface area contributed by atoms with Gasteiger partial charge in [0.05, 0.1) is 11.8 Å². The van der Waals surface area contributed by atoms with Crippen LogP contribution in [0, 0.1) is 5.92 Å². The quantitative estimate of drug-likeness (QED) is 0.862. The summed E-state index contributed by atoms with van der Waals surface area (Å²) in [6, 6.07) is 7.93. The second kappa shape index (κ2) is 4.62. The molecule has 1 fully saturated rings. The van der Waals surface area contributed by atoms with E-state index in [-0.39, 0.29) is 16.6 Å². The summed E-state index contributed by atoms with van der Waals surface area (Å²) in [7, 11) is -3.16. The molecular formula is C13H16BrNO2S. The van der Waals surface area contributed by atoms with E-state index in [1.165, 1.54) is 5.56 Å². The smallest absolute Gasteiger partial charge is 0.212 e. The lowest BCUT2D eigenvalue weighted by Crippen LogP contribution is -2.33. The van der Waals surface area contributed by atoms with Gasteiger partial charge in [-0.25, -0.2) is 13.1 Å². The Morgan fingerprint density at radius 1 is 1.28 bits per heavy atom. The van der Waals surface area contributed by atoms with E-state index in [0.29, 0.717) is 5.92 Å². The first kappa shape index (κ1) is 12.6. The van der Waals surface area contributed by atoms with Crippen LogP contribution in [0.2, 0.25) is 0 Å². The zero-order valence-electron chi connectivity index (χ0n) is 9.97. The van der Waals surface area contributed by atoms with Crippen molar-refractivity contribution < 1.29 is 8.42 Å². The molecule has 5 heteroatoms. The van der Waals surface area contributed by atoms with Crippen molar-refractivity contribution in [2.24, 2.45) is 5.92 Å². The van der Waals surface area contributed by atoms with E-state index in [4.69, 9.17) is 0 Å². The van der Waals surface area contributed by atoms with Gasteiger partial charge in [0.1, 0.15) is 0 Å². The molecule has 0 amide bonds. The van der Waals surface area contributed by atoms with E-state index in [1.807, 2.05) is 18.2 Å². The molecule has 0 spiro atoms. The molecule has 3 rings (SSSR count). The molecule has 18 heavy (non-hydrogen) atoms. The number of sulfonamides is 1. The Hall–Kier alpha value is -0.390. The van der Waals surface area contributed by atoms with Gasteiger partial charge in [-0.3, -0.25) is 0 Å². The van der Waals surface area contributed by atoms with Crippen LogP contribution in [0.3, 0.4) is 0 Å². The fraction of sp³-hybridized carbons (Fsp3) is 0.538. The van der Waals surface area contributed by atoms with Gasteiger partial charge >= 0.3 is 0 Å². The molecule has 1 N–H and O–H groups in total. The largest absolute Gasteiger partial charge is 0.212 e. The first-order valence-corrected chi connectivity index (χ1v) is 8.84. The van der Waals surface area contributed by atoms with Crippen molar-refractivity contribution >= 4 is 26.0 Å². The summed E-state index contributed by atoms with van der Waals surface area (Å²) in [6.07, 6.45) is 2.99. The van der Waals surface area contributed by atoms with Gasteiger partial charge in [0.2, 0.25) is 10.0 Å². The molecule has 1 saturated carbocycles. The van der Waals surface area contributed by atoms with E-state index < -0.39 is 10.0 Å². The van der Waals surface area contributed by atoms with Gasteiger partial charge in [-0.2, -0.15) is 0 Å². The van der Waals surface area contributed by atoms with Crippen LogP contribution in [0.4, 0.5) is 0 Å². The summed E-state index contributed by atoms with van der Waals surface area (Å²) in [5, 5.41) is 0. The van der Waals surface area contributed by atoms with Crippen LogP contribution in [0.15, 0.2) is 24.3 Å². The molecule has 0 radical (unpaired) electrons. The molecule has 1 aromatic carbocycles. The van der Waals surface area contributed by atoms with Gasteiger partial charge in [-0.15, -0.1) is 0 Å². The van der Waals surface area contributed by atoms with Gasteiger partial charge in [0.25, 0.3) is 0 Å². The van der Waals surface area contributed by atoms with E-state index in [1.54, 1.807) is 0 Å². The lowest BCUT2D eigenvalue weighted by molar-refractivity contribution is 0.556. The van der Waals surface area contributed by atoms with Gasteiger partial charge < -0.3 is 0 Å². The second-order valence-corrected chi connectivity index (χ2v) is 8.21. The Balaban J connectivity index is 1.80. The zero-order chi connectivity index (χ0) is 12.8. The standard InChI is InChI=1S/C13H16BrNO2S/c14-12-7-10-3-1-2-4-11(10)13(12)15-18(16,17)8-9-5-6-9/h1-4,9,12-13,15H,5-8H2. The number of fused-ring (bicyclic) bond motifs is 1. The maximum atomic E-state index is 12.1. The van der Waals surface area contributed by atoms with Gasteiger partial charge in [-0.1, -0.05) is 40.2 Å². The first-order valence-electron chi connectivity index (χ1n) is 6.27. The molecule has 2 atom stereocenters. The zero-order valence-corrected chi connectivity index (χ0v) is 12.4. The van der Waals surface area contributed by atoms with Gasteiger partial charge in [0, 0.05) is 4.83 Å². The highest BCUT2D eigenvalue weighted by Gasteiger charge is 2.35. The molecule has 2 aliphatic carbocycles. The SMILES string of the molecule is O=S(=O)(CC1CC1)NC1c2ccccc2CC1Br. The van der Waals surface area contributed by atoms with Crippen LogP contribution in [0.1, 0.15) is 30.0 Å². The molecule has 0 heterocycles. The maximum absolute atomic E-state index is 12.1. The van der Waals surface area contributed by atoms with Crippen LogP contribution < -0.4 is 4.72 Å². The Labute approximate surface area is 116 Å². The van der Waals surface area contributed by atoms with Gasteiger partial charge in [-0.05, 0) is 36.3 Å². The molecule has 3 nitrogen and oxygen atoms in total. The van der Waals surface area contributed by atoms with Crippen molar-refractivity contribution in [3.8, 4) is 0 Å². The summed E-state index contributed by atoms with van der Waals surface area (Å²) < 4.78 is 27.0. The van der Waals surface area contributed by atoms with Crippen LogP contribution in [0.25, 0.3) is 0 Å². The lowest BCUT2D eigenvalue weighted by Gasteiger charge is -2.17. The van der Waals surface area contributed by atoms with Crippen molar-refractivity contribution in [1.82, 2.24) is 4.72 Å². The van der Waals surface area contributed by atoms with Crippen LogP contribution in [0.5, 0.6) is 0 Å². The first-order chi connectivity index (χ1) is 8.55. The molecule has 0 bridgehead atoms. The predicted octanol–water partition coefficient (Wildman–Crippen LogP) is 2.38. The summed E-state index contributed by atoms with van der Waals surface area (Å²) in [5.74, 6) is 0.665. The highest BCUT2D eigenvalue weighted by atomic mass is 79.9. The predicted molar refractivity (Wildman–Crippen MR) is 75.2 cm³/mol. The third-order valence-electron chi connectivity index (χ3n) is 3.63. The molecule has 0 aromatic heterocycles. The molecule has 98 valence electrons. The van der Waals surface area contributed by atoms with E-state index >= 15 is 0 Å². The van der Waals surface area contributed by atoms with Crippen molar-refractivity contribution in [2.75, 3.05) is 5.75 Å². The summed E-state index contributed by atoms with van der Waals surface area (Å²) in [4.78, 5) is 0.156. The minimum absolute atomic E-state index is 0.120. The van der Waals surface area contributed by atoms with Crippen LogP contribution >= 0.6 is 15.9 Å². The van der Waals surface area contributed by atoms with Crippen LogP contribution in [-0.2, 0) is 16.4 Å². The molecule has 1 aromatic rings. The molecule has 0 aliphatic heterocycles. The van der Waals surface area contributed by atoms with E-state index in [9.17, 15) is 8.42 Å².